The number of benzene rings is 7. The first-order chi connectivity index (χ1) is 25.6. The van der Waals surface area contributed by atoms with Gasteiger partial charge in [0, 0.05) is 55.7 Å². The quantitative estimate of drug-likeness (QED) is 0.182. The van der Waals surface area contributed by atoms with Crippen LogP contribution in [0.1, 0.15) is 0 Å². The van der Waals surface area contributed by atoms with Gasteiger partial charge in [-0.05, 0) is 60.7 Å². The summed E-state index contributed by atoms with van der Waals surface area (Å²) in [6.07, 6.45) is 0. The molecule has 0 radical (unpaired) electrons. The van der Waals surface area contributed by atoms with Crippen LogP contribution >= 0.6 is 0 Å². The van der Waals surface area contributed by atoms with E-state index in [2.05, 4.69) is 53.1 Å². The van der Waals surface area contributed by atoms with Crippen molar-refractivity contribution in [1.29, 1.82) is 0 Å². The van der Waals surface area contributed by atoms with Crippen LogP contribution in [0.4, 0.5) is 8.78 Å². The topological polar surface area (TPSA) is 48.5 Å². The molecule has 0 aliphatic carbocycles. The van der Waals surface area contributed by atoms with Crippen LogP contribution in [0.25, 0.3) is 89.2 Å². The van der Waals surface area contributed by atoms with E-state index in [0.29, 0.717) is 23.2 Å². The van der Waals surface area contributed by atoms with Gasteiger partial charge in [0.1, 0.15) is 0 Å². The molecule has 246 valence electrons. The Balaban J connectivity index is 1.17. The molecule has 10 aromatic rings. The maximum Gasteiger partial charge on any atom is 0.164 e. The molecule has 5 nitrogen and oxygen atoms in total. The second-order valence-electron chi connectivity index (χ2n) is 12.8. The maximum absolute atomic E-state index is 14.6. The fourth-order valence-corrected chi connectivity index (χ4v) is 7.31. The zero-order chi connectivity index (χ0) is 34.8. The van der Waals surface area contributed by atoms with Crippen molar-refractivity contribution >= 4 is 43.6 Å². The minimum atomic E-state index is -0.885. The molecule has 0 aliphatic heterocycles. The summed E-state index contributed by atoms with van der Waals surface area (Å²) in [4.78, 5) is 14.7. The highest BCUT2D eigenvalue weighted by molar-refractivity contribution is 6.19. The average Bonchev–Trinajstić information content (AvgIpc) is 3.70. The minimum absolute atomic E-state index is 0.554. The molecule has 52 heavy (non-hydrogen) atoms. The third kappa shape index (κ3) is 4.78. The smallest absolute Gasteiger partial charge is 0.164 e. The van der Waals surface area contributed by atoms with Gasteiger partial charge in [-0.25, -0.2) is 23.7 Å². The summed E-state index contributed by atoms with van der Waals surface area (Å²) in [5.41, 5.74) is 8.07. The summed E-state index contributed by atoms with van der Waals surface area (Å²) in [5, 5.41) is 4.28. The molecule has 7 heteroatoms. The molecular formula is C45H27F2N5. The Morgan fingerprint density at radius 1 is 0.327 bits per heavy atom. The number of nitrogens with zero attached hydrogens (tertiary/aromatic N) is 5. The molecule has 0 amide bonds. The lowest BCUT2D eigenvalue weighted by Crippen LogP contribution is -2.00. The van der Waals surface area contributed by atoms with Crippen molar-refractivity contribution in [2.45, 2.75) is 0 Å². The van der Waals surface area contributed by atoms with Crippen LogP contribution in [-0.4, -0.2) is 24.1 Å². The summed E-state index contributed by atoms with van der Waals surface area (Å²) in [5.74, 6) is 0.0378. The number of para-hydroxylation sites is 2. The molecule has 7 aromatic carbocycles. The van der Waals surface area contributed by atoms with Gasteiger partial charge in [0.2, 0.25) is 0 Å². The van der Waals surface area contributed by atoms with Crippen molar-refractivity contribution < 1.29 is 8.78 Å². The zero-order valence-electron chi connectivity index (χ0n) is 27.6. The third-order valence-corrected chi connectivity index (χ3v) is 9.71. The van der Waals surface area contributed by atoms with Crippen molar-refractivity contribution in [2.75, 3.05) is 0 Å². The van der Waals surface area contributed by atoms with Gasteiger partial charge in [0.05, 0.1) is 22.1 Å². The Morgan fingerprint density at radius 3 is 1.29 bits per heavy atom. The monoisotopic (exact) mass is 675 g/mol. The van der Waals surface area contributed by atoms with E-state index < -0.39 is 11.6 Å². The molecule has 0 unspecified atom stereocenters. The average molecular weight is 676 g/mol. The highest BCUT2D eigenvalue weighted by Crippen LogP contribution is 2.40. The maximum atomic E-state index is 14.6. The second-order valence-corrected chi connectivity index (χ2v) is 12.8. The largest absolute Gasteiger partial charge is 0.309 e. The Kier molecular flexibility index (Phi) is 6.79. The van der Waals surface area contributed by atoms with E-state index in [-0.39, 0.29) is 0 Å². The van der Waals surface area contributed by atoms with E-state index in [4.69, 9.17) is 15.0 Å². The predicted octanol–water partition coefficient (Wildman–Crippen LogP) is 11.3. The van der Waals surface area contributed by atoms with Crippen LogP contribution in [0.15, 0.2) is 164 Å². The molecule has 0 saturated carbocycles. The van der Waals surface area contributed by atoms with E-state index in [1.165, 1.54) is 12.1 Å². The third-order valence-electron chi connectivity index (χ3n) is 9.71. The van der Waals surface area contributed by atoms with Gasteiger partial charge in [0.25, 0.3) is 0 Å². The summed E-state index contributed by atoms with van der Waals surface area (Å²) < 4.78 is 32.9. The van der Waals surface area contributed by atoms with E-state index >= 15 is 0 Å². The highest BCUT2D eigenvalue weighted by Gasteiger charge is 2.19. The molecule has 10 rings (SSSR count). The summed E-state index contributed by atoms with van der Waals surface area (Å²) >= 11 is 0. The van der Waals surface area contributed by atoms with Crippen LogP contribution in [-0.2, 0) is 0 Å². The van der Waals surface area contributed by atoms with Crippen LogP contribution < -0.4 is 0 Å². The Bertz CT molecular complexity index is 2910. The Hall–Kier alpha value is -6.99. The number of halogens is 2. The fourth-order valence-electron chi connectivity index (χ4n) is 7.31. The van der Waals surface area contributed by atoms with Crippen molar-refractivity contribution in [2.24, 2.45) is 0 Å². The molecule has 0 bridgehead atoms. The number of hydrogen-bond acceptors (Lipinski definition) is 3. The van der Waals surface area contributed by atoms with E-state index in [9.17, 15) is 8.78 Å². The number of hydrogen-bond donors (Lipinski definition) is 0. The minimum Gasteiger partial charge on any atom is -0.309 e. The summed E-state index contributed by atoms with van der Waals surface area (Å²) in [7, 11) is 0. The Labute approximate surface area is 296 Å². The molecule has 3 heterocycles. The molecule has 0 spiro atoms. The first-order valence-electron chi connectivity index (χ1n) is 17.0. The van der Waals surface area contributed by atoms with Gasteiger partial charge in [0.15, 0.2) is 29.1 Å². The summed E-state index contributed by atoms with van der Waals surface area (Å²) in [6, 6.07) is 53.0. The highest BCUT2D eigenvalue weighted by atomic mass is 19.2. The van der Waals surface area contributed by atoms with Gasteiger partial charge in [-0.3, -0.25) is 0 Å². The first-order valence-corrected chi connectivity index (χ1v) is 17.0. The number of aromatic nitrogens is 5. The SMILES string of the molecule is Fc1ccc(-n2c3ccccc3c3cc4c5ccccc5n(-c5ccc(-c6nc(-c7ccccc7)nc(-c7ccccc7)n6)cc5)c4cc32)cc1F. The molecule has 3 aromatic heterocycles. The normalized spacial score (nSPS) is 11.7. The van der Waals surface area contributed by atoms with Crippen LogP contribution in [0.5, 0.6) is 0 Å². The van der Waals surface area contributed by atoms with Crippen molar-refractivity contribution in [1.82, 2.24) is 24.1 Å². The molecule has 0 saturated heterocycles. The molecule has 0 atom stereocenters. The van der Waals surface area contributed by atoms with Gasteiger partial charge < -0.3 is 9.13 Å². The molecular weight excluding hydrogens is 649 g/mol. The lowest BCUT2D eigenvalue weighted by molar-refractivity contribution is 0.508. The second kappa shape index (κ2) is 11.8. The van der Waals surface area contributed by atoms with E-state index in [1.54, 1.807) is 6.07 Å². The fraction of sp³-hybridized carbons (Fsp3) is 0. The van der Waals surface area contributed by atoms with Gasteiger partial charge in [-0.15, -0.1) is 0 Å². The number of fused-ring (bicyclic) bond motifs is 6. The predicted molar refractivity (Wildman–Crippen MR) is 205 cm³/mol. The van der Waals surface area contributed by atoms with Crippen molar-refractivity contribution in [3.8, 4) is 45.5 Å². The van der Waals surface area contributed by atoms with Crippen LogP contribution in [0, 0.1) is 11.6 Å². The van der Waals surface area contributed by atoms with Crippen LogP contribution in [0.2, 0.25) is 0 Å². The zero-order valence-corrected chi connectivity index (χ0v) is 27.6. The lowest BCUT2D eigenvalue weighted by atomic mass is 10.1. The lowest BCUT2D eigenvalue weighted by Gasteiger charge is -2.11. The Morgan fingerprint density at radius 2 is 0.769 bits per heavy atom. The number of rotatable bonds is 5. The molecule has 0 aliphatic rings. The summed E-state index contributed by atoms with van der Waals surface area (Å²) in [6.45, 7) is 0. The van der Waals surface area contributed by atoms with Gasteiger partial charge >= 0.3 is 0 Å². The van der Waals surface area contributed by atoms with E-state index in [0.717, 1.165) is 66.0 Å². The first kappa shape index (κ1) is 29.9. The standard InChI is InChI=1S/C45H27F2N5/c46-37-24-23-32(25-38(37)47)52-40-18-10-8-16-34(40)36-26-35-33-15-7-9-17-39(33)51(41(35)27-42(36)52)31-21-19-30(20-22-31)45-49-43(28-11-3-1-4-12-28)48-44(50-45)29-13-5-2-6-14-29/h1-27H. The van der Waals surface area contributed by atoms with Gasteiger partial charge in [-0.2, -0.15) is 0 Å². The van der Waals surface area contributed by atoms with E-state index in [1.807, 2.05) is 102 Å². The van der Waals surface area contributed by atoms with Crippen molar-refractivity contribution in [3.63, 3.8) is 0 Å². The van der Waals surface area contributed by atoms with Crippen molar-refractivity contribution in [3.05, 3.63) is 175 Å². The molecule has 0 N–H and O–H groups in total. The van der Waals surface area contributed by atoms with Crippen LogP contribution in [0.3, 0.4) is 0 Å². The molecule has 0 fully saturated rings. The van der Waals surface area contributed by atoms with Gasteiger partial charge in [-0.1, -0.05) is 97.1 Å².